The van der Waals surface area contributed by atoms with Crippen LogP contribution in [0.3, 0.4) is 0 Å². The molecule has 0 aliphatic carbocycles. The fraction of sp³-hybridized carbons (Fsp3) is 0.636. The van der Waals surface area contributed by atoms with E-state index in [1.165, 1.54) is 13.8 Å². The number of imidazole rings is 1. The number of phosphoric ester groups is 3. The maximum atomic E-state index is 12.7. The third-order valence-corrected chi connectivity index (χ3v) is 12.8. The van der Waals surface area contributed by atoms with Gasteiger partial charge in [0.1, 0.15) is 36.3 Å². The standard InChI is InChI=1S/C33H54N7O18P3S/c1-4-5-6-7-10-21(41)11-8-9-12-24(43)62-16-15-35-23(42)13-14-36-31(46)28(45)33(2,3)18-55-61(52,53)58-60(50,51)54-17-22-27(57-59(47,48)49)26(44)32(56-22)40-20-39-25-29(34)37-19-38-30(25)40/h4-7,19-22,26-28,32,41,44-45H,8-18H2,1-3H3,(H,35,42)(H,36,46)(H,50,51)(H,52,53)(H2,34,37,38)(H2,47,48,49)/b5-4+,7-6+. The largest absolute Gasteiger partial charge is 0.481 e. The number of aliphatic hydroxyl groups is 3. The summed E-state index contributed by atoms with van der Waals surface area (Å²) in [7, 11) is -16.4. The lowest BCUT2D eigenvalue weighted by molar-refractivity contribution is -0.137. The first kappa shape index (κ1) is 53.3. The highest BCUT2D eigenvalue weighted by molar-refractivity contribution is 8.13. The summed E-state index contributed by atoms with van der Waals surface area (Å²) >= 11 is 1.07. The Morgan fingerprint density at radius 3 is 2.42 bits per heavy atom. The molecule has 2 amide bonds. The van der Waals surface area contributed by atoms with E-state index in [0.29, 0.717) is 37.9 Å². The zero-order valence-electron chi connectivity index (χ0n) is 33.9. The number of nitrogen functional groups attached to an aromatic ring is 1. The average molecular weight is 962 g/mol. The van der Waals surface area contributed by atoms with Gasteiger partial charge in [-0.3, -0.25) is 32.5 Å². The van der Waals surface area contributed by atoms with E-state index in [0.717, 1.165) is 29.0 Å². The van der Waals surface area contributed by atoms with Crippen molar-refractivity contribution < 1.29 is 85.6 Å². The molecule has 0 spiro atoms. The molecule has 0 radical (unpaired) electrons. The highest BCUT2D eigenvalue weighted by Crippen LogP contribution is 2.61. The highest BCUT2D eigenvalue weighted by Gasteiger charge is 2.50. The van der Waals surface area contributed by atoms with Crippen LogP contribution < -0.4 is 16.4 Å². The number of fused-ring (bicyclic) bond motifs is 1. The predicted octanol–water partition coefficient (Wildman–Crippen LogP) is 1.11. The van der Waals surface area contributed by atoms with Crippen LogP contribution in [0, 0.1) is 5.41 Å². The van der Waals surface area contributed by atoms with Crippen LogP contribution in [0.15, 0.2) is 37.0 Å². The van der Waals surface area contributed by atoms with Crippen molar-refractivity contribution in [2.24, 2.45) is 5.41 Å². The molecule has 2 aromatic heterocycles. The topological polar surface area (TPSA) is 384 Å². The lowest BCUT2D eigenvalue weighted by atomic mass is 9.87. The number of unbranched alkanes of at least 4 members (excludes halogenated alkanes) is 1. The number of carbonyl (C=O) groups is 3. The van der Waals surface area contributed by atoms with Gasteiger partial charge >= 0.3 is 23.5 Å². The first-order valence-electron chi connectivity index (χ1n) is 19.0. The van der Waals surface area contributed by atoms with Gasteiger partial charge in [-0.1, -0.05) is 56.3 Å². The monoisotopic (exact) mass is 961 g/mol. The third kappa shape index (κ3) is 17.9. The molecule has 3 heterocycles. The van der Waals surface area contributed by atoms with Crippen LogP contribution in [0.4, 0.5) is 5.82 Å². The van der Waals surface area contributed by atoms with Gasteiger partial charge in [0.15, 0.2) is 22.8 Å². The summed E-state index contributed by atoms with van der Waals surface area (Å²) in [5.74, 6) is -1.16. The van der Waals surface area contributed by atoms with E-state index >= 15 is 0 Å². The number of hydrogen-bond acceptors (Lipinski definition) is 19. The first-order chi connectivity index (χ1) is 28.9. The number of nitrogens with two attached hydrogens (primary N) is 1. The Balaban J connectivity index is 1.39. The maximum absolute atomic E-state index is 12.7. The van der Waals surface area contributed by atoms with Crippen molar-refractivity contribution in [3.63, 3.8) is 0 Å². The lowest BCUT2D eigenvalue weighted by Crippen LogP contribution is -2.46. The number of nitrogens with one attached hydrogen (secondary N) is 2. The zero-order valence-corrected chi connectivity index (χ0v) is 37.4. The van der Waals surface area contributed by atoms with Crippen molar-refractivity contribution >= 4 is 69.1 Å². The molecule has 29 heteroatoms. The van der Waals surface area contributed by atoms with Gasteiger partial charge in [0.05, 0.1) is 25.6 Å². The number of phosphoric acid groups is 3. The van der Waals surface area contributed by atoms with Crippen LogP contribution in [0.25, 0.3) is 11.2 Å². The summed E-state index contributed by atoms with van der Waals surface area (Å²) in [5.41, 5.74) is 4.25. The van der Waals surface area contributed by atoms with Gasteiger partial charge in [-0.25, -0.2) is 28.6 Å². The molecular weight excluding hydrogens is 907 g/mol. The first-order valence-corrected chi connectivity index (χ1v) is 24.5. The van der Waals surface area contributed by atoms with Crippen LogP contribution >= 0.6 is 35.2 Å². The second kappa shape index (κ2) is 24.3. The highest BCUT2D eigenvalue weighted by atomic mass is 32.2. The summed E-state index contributed by atoms with van der Waals surface area (Å²) in [6, 6.07) is 0. The fourth-order valence-corrected chi connectivity index (χ4v) is 9.11. The SMILES string of the molecule is C/C=C/C=C/CC(O)CCCCC(=O)SCCNC(=O)CCNC(=O)C(O)C(C)(C)COP(=O)(O)OP(=O)(O)OCC1OC(n2cnc3c(N)ncnc32)C(O)C1OP(=O)(O)O. The van der Waals surface area contributed by atoms with Gasteiger partial charge in [0.25, 0.3) is 0 Å². The number of nitrogens with zero attached hydrogens (tertiary/aromatic N) is 4. The fourth-order valence-electron chi connectivity index (χ4n) is 5.56. The number of hydrogen-bond donors (Lipinski definition) is 10. The molecular formula is C33H54N7O18P3S. The Bertz CT molecular complexity index is 2020. The second-order valence-corrected chi connectivity index (χ2v) is 19.8. The molecule has 1 saturated heterocycles. The van der Waals surface area contributed by atoms with Gasteiger partial charge in [-0.05, 0) is 26.2 Å². The summed E-state index contributed by atoms with van der Waals surface area (Å²) in [6.07, 6.45) is 2.84. The average Bonchev–Trinajstić information content (AvgIpc) is 3.74. The Kier molecular flexibility index (Phi) is 20.9. The van der Waals surface area contributed by atoms with Gasteiger partial charge in [0, 0.05) is 37.1 Å². The summed E-state index contributed by atoms with van der Waals surface area (Å²) in [6.45, 7) is 2.33. The number of rotatable bonds is 27. The van der Waals surface area contributed by atoms with Gasteiger partial charge < -0.3 is 56.0 Å². The normalized spacial score (nSPS) is 21.5. The molecule has 2 aromatic rings. The van der Waals surface area contributed by atoms with Gasteiger partial charge in [-0.2, -0.15) is 4.31 Å². The number of aliphatic hydroxyl groups excluding tert-OH is 3. The van der Waals surface area contributed by atoms with Crippen molar-refractivity contribution in [3.05, 3.63) is 37.0 Å². The van der Waals surface area contributed by atoms with Crippen molar-refractivity contribution in [3.8, 4) is 0 Å². The number of thioether (sulfide) groups is 1. The van der Waals surface area contributed by atoms with E-state index in [9.17, 15) is 63.0 Å². The minimum atomic E-state index is -5.58. The molecule has 62 heavy (non-hydrogen) atoms. The van der Waals surface area contributed by atoms with Crippen molar-refractivity contribution in [2.75, 3.05) is 37.8 Å². The van der Waals surface area contributed by atoms with Crippen LogP contribution in [0.5, 0.6) is 0 Å². The van der Waals surface area contributed by atoms with E-state index in [-0.39, 0.29) is 41.6 Å². The minimum Gasteiger partial charge on any atom is -0.393 e. The van der Waals surface area contributed by atoms with Crippen molar-refractivity contribution in [1.29, 1.82) is 0 Å². The molecule has 0 bridgehead atoms. The minimum absolute atomic E-state index is 0.0267. The van der Waals surface area contributed by atoms with Crippen LogP contribution in [-0.4, -0.2) is 134 Å². The molecule has 25 nitrogen and oxygen atoms in total. The zero-order chi connectivity index (χ0) is 46.3. The number of amides is 2. The Morgan fingerprint density at radius 2 is 1.73 bits per heavy atom. The summed E-state index contributed by atoms with van der Waals surface area (Å²) < 4.78 is 62.2. The van der Waals surface area contributed by atoms with Crippen LogP contribution in [0.2, 0.25) is 0 Å². The molecule has 350 valence electrons. The van der Waals surface area contributed by atoms with E-state index < -0.39 is 90.7 Å². The van der Waals surface area contributed by atoms with E-state index in [4.69, 9.17) is 19.5 Å². The number of ether oxygens (including phenoxy) is 1. The van der Waals surface area contributed by atoms with Crippen LogP contribution in [0.1, 0.15) is 65.5 Å². The molecule has 3 rings (SSSR count). The second-order valence-electron chi connectivity index (χ2n) is 14.4. The molecule has 1 aliphatic heterocycles. The summed E-state index contributed by atoms with van der Waals surface area (Å²) in [5, 5.41) is 36.4. The summed E-state index contributed by atoms with van der Waals surface area (Å²) in [4.78, 5) is 88.0. The Morgan fingerprint density at radius 1 is 1.02 bits per heavy atom. The van der Waals surface area contributed by atoms with Crippen molar-refractivity contribution in [1.82, 2.24) is 30.2 Å². The Hall–Kier alpha value is -3.00. The number of carbonyl (C=O) groups excluding carboxylic acids is 3. The number of aromatic nitrogens is 4. The molecule has 0 aromatic carbocycles. The maximum Gasteiger partial charge on any atom is 0.481 e. The lowest BCUT2D eigenvalue weighted by Gasteiger charge is -2.30. The Labute approximate surface area is 360 Å². The third-order valence-electron chi connectivity index (χ3n) is 8.78. The van der Waals surface area contributed by atoms with E-state index in [1.807, 2.05) is 31.2 Å². The molecule has 11 N–H and O–H groups in total. The number of allylic oxidation sites excluding steroid dienone is 3. The van der Waals surface area contributed by atoms with Crippen molar-refractivity contribution in [2.45, 2.75) is 96.0 Å². The molecule has 1 aliphatic rings. The molecule has 0 saturated carbocycles. The molecule has 1 fully saturated rings. The van der Waals surface area contributed by atoms with Gasteiger partial charge in [0.2, 0.25) is 11.8 Å². The van der Waals surface area contributed by atoms with Gasteiger partial charge in [-0.15, -0.1) is 0 Å². The van der Waals surface area contributed by atoms with E-state index in [1.54, 1.807) is 0 Å². The number of anilines is 1. The predicted molar refractivity (Wildman–Crippen MR) is 220 cm³/mol. The smallest absolute Gasteiger partial charge is 0.393 e. The van der Waals surface area contributed by atoms with Crippen LogP contribution in [-0.2, 0) is 50.7 Å². The molecule has 8 atom stereocenters. The van der Waals surface area contributed by atoms with E-state index in [2.05, 4.69) is 34.4 Å². The quantitative estimate of drug-likeness (QED) is 0.0340. The molecule has 8 unspecified atom stereocenters.